The van der Waals surface area contributed by atoms with Crippen LogP contribution in [-0.4, -0.2) is 30.0 Å². The van der Waals surface area contributed by atoms with Crippen LogP contribution in [0.25, 0.3) is 0 Å². The highest BCUT2D eigenvalue weighted by Gasteiger charge is 2.13. The molecule has 1 N–H and O–H groups in total. The minimum Gasteiger partial charge on any atom is -0.493 e. The van der Waals surface area contributed by atoms with Gasteiger partial charge in [-0.25, -0.2) is 0 Å². The van der Waals surface area contributed by atoms with E-state index in [1.807, 2.05) is 6.07 Å². The van der Waals surface area contributed by atoms with Gasteiger partial charge < -0.3 is 14.8 Å². The predicted molar refractivity (Wildman–Crippen MR) is 94.2 cm³/mol. The third-order valence-corrected chi connectivity index (χ3v) is 3.43. The van der Waals surface area contributed by atoms with Crippen LogP contribution in [0.3, 0.4) is 0 Å². The van der Waals surface area contributed by atoms with E-state index in [-0.39, 0.29) is 29.4 Å². The van der Waals surface area contributed by atoms with E-state index in [1.165, 1.54) is 12.1 Å². The van der Waals surface area contributed by atoms with Crippen molar-refractivity contribution in [3.05, 3.63) is 63.7 Å². The molecule has 26 heavy (non-hydrogen) atoms. The predicted octanol–water partition coefficient (Wildman–Crippen LogP) is 3.20. The molecule has 0 bridgehead atoms. The number of non-ortho nitro benzene ring substituents is 1. The molecule has 0 saturated heterocycles. The first-order valence-corrected chi connectivity index (χ1v) is 7.91. The standard InChI is InChI=1S/C17H15ClN2O6/c18-14-10-12(20(23)24)6-7-15(14)19-16(21)11-26-17(22)8-9-25-13-4-2-1-3-5-13/h1-7,10H,8-9,11H2,(H,19,21). The van der Waals surface area contributed by atoms with Crippen molar-refractivity contribution in [1.29, 1.82) is 0 Å². The minimum absolute atomic E-state index is 0.00939. The summed E-state index contributed by atoms with van der Waals surface area (Å²) in [5.74, 6) is -0.574. The number of hydrogen-bond donors (Lipinski definition) is 1. The number of ether oxygens (including phenoxy) is 2. The molecule has 2 aromatic rings. The topological polar surface area (TPSA) is 108 Å². The van der Waals surface area contributed by atoms with Crippen LogP contribution >= 0.6 is 11.6 Å². The Hall–Kier alpha value is -3.13. The Labute approximate surface area is 153 Å². The number of rotatable bonds is 8. The summed E-state index contributed by atoms with van der Waals surface area (Å²) in [6.45, 7) is -0.379. The van der Waals surface area contributed by atoms with Gasteiger partial charge in [-0.05, 0) is 18.2 Å². The van der Waals surface area contributed by atoms with Crippen molar-refractivity contribution in [3.8, 4) is 5.75 Å². The van der Waals surface area contributed by atoms with Crippen molar-refractivity contribution in [2.24, 2.45) is 0 Å². The number of nitro groups is 1. The Bertz CT molecular complexity index is 797. The Morgan fingerprint density at radius 1 is 1.15 bits per heavy atom. The van der Waals surface area contributed by atoms with Crippen molar-refractivity contribution >= 4 is 34.9 Å². The number of carbonyl (C=O) groups excluding carboxylic acids is 2. The molecule has 2 rings (SSSR count). The van der Waals surface area contributed by atoms with Gasteiger partial charge >= 0.3 is 5.97 Å². The monoisotopic (exact) mass is 378 g/mol. The van der Waals surface area contributed by atoms with E-state index < -0.39 is 23.4 Å². The van der Waals surface area contributed by atoms with Crippen molar-refractivity contribution in [3.63, 3.8) is 0 Å². The zero-order chi connectivity index (χ0) is 18.9. The summed E-state index contributed by atoms with van der Waals surface area (Å²) < 4.78 is 10.2. The van der Waals surface area contributed by atoms with Crippen LogP contribution in [0.4, 0.5) is 11.4 Å². The number of nitrogens with zero attached hydrogens (tertiary/aromatic N) is 1. The first-order valence-electron chi connectivity index (χ1n) is 7.53. The Kier molecular flexibility index (Phi) is 6.92. The molecular weight excluding hydrogens is 364 g/mol. The third kappa shape index (κ3) is 6.06. The lowest BCUT2D eigenvalue weighted by Gasteiger charge is -2.08. The number of carbonyl (C=O) groups is 2. The molecule has 9 heteroatoms. The van der Waals surface area contributed by atoms with Gasteiger partial charge in [0.05, 0.1) is 28.7 Å². The number of esters is 1. The fourth-order valence-corrected chi connectivity index (χ4v) is 2.11. The average Bonchev–Trinajstić information content (AvgIpc) is 2.62. The van der Waals surface area contributed by atoms with Crippen molar-refractivity contribution in [2.75, 3.05) is 18.5 Å². The normalized spacial score (nSPS) is 10.0. The first-order chi connectivity index (χ1) is 12.5. The molecule has 0 aliphatic carbocycles. The van der Waals surface area contributed by atoms with Crippen LogP contribution in [-0.2, 0) is 14.3 Å². The molecule has 136 valence electrons. The maximum Gasteiger partial charge on any atom is 0.309 e. The number of nitro benzene ring substituents is 1. The summed E-state index contributed by atoms with van der Waals surface area (Å²) in [6, 6.07) is 12.6. The second-order valence-corrected chi connectivity index (χ2v) is 5.45. The van der Waals surface area contributed by atoms with Gasteiger partial charge in [0, 0.05) is 12.1 Å². The van der Waals surface area contributed by atoms with E-state index in [4.69, 9.17) is 21.1 Å². The van der Waals surface area contributed by atoms with E-state index in [2.05, 4.69) is 5.32 Å². The molecule has 0 radical (unpaired) electrons. The van der Waals surface area contributed by atoms with Gasteiger partial charge in [-0.3, -0.25) is 19.7 Å². The van der Waals surface area contributed by atoms with Gasteiger partial charge in [0.1, 0.15) is 5.75 Å². The fourth-order valence-electron chi connectivity index (χ4n) is 1.89. The summed E-state index contributed by atoms with van der Waals surface area (Å²) in [5.41, 5.74) is -0.0106. The molecule has 0 atom stereocenters. The number of benzene rings is 2. The van der Waals surface area contributed by atoms with E-state index >= 15 is 0 Å². The van der Waals surface area contributed by atoms with Crippen LogP contribution in [0.5, 0.6) is 5.75 Å². The molecule has 8 nitrogen and oxygen atoms in total. The van der Waals surface area contributed by atoms with Crippen LogP contribution in [0.1, 0.15) is 6.42 Å². The van der Waals surface area contributed by atoms with Crippen LogP contribution in [0.15, 0.2) is 48.5 Å². The van der Waals surface area contributed by atoms with Crippen LogP contribution in [0, 0.1) is 10.1 Å². The Morgan fingerprint density at radius 2 is 1.88 bits per heavy atom. The number of para-hydroxylation sites is 1. The Balaban J connectivity index is 1.72. The summed E-state index contributed by atoms with van der Waals surface area (Å²) in [4.78, 5) is 33.4. The zero-order valence-electron chi connectivity index (χ0n) is 13.5. The molecule has 0 unspecified atom stereocenters. The molecule has 0 heterocycles. The molecule has 0 saturated carbocycles. The molecule has 0 aliphatic heterocycles. The second-order valence-electron chi connectivity index (χ2n) is 5.04. The largest absolute Gasteiger partial charge is 0.493 e. The Morgan fingerprint density at radius 3 is 2.54 bits per heavy atom. The van der Waals surface area contributed by atoms with E-state index in [1.54, 1.807) is 24.3 Å². The number of halogens is 1. The van der Waals surface area contributed by atoms with Crippen molar-refractivity contribution < 1.29 is 24.0 Å². The molecule has 0 aliphatic rings. The maximum atomic E-state index is 11.8. The summed E-state index contributed by atoms with van der Waals surface area (Å²) in [6.07, 6.45) is -0.0134. The van der Waals surface area contributed by atoms with Gasteiger partial charge in [-0.15, -0.1) is 0 Å². The quantitative estimate of drug-likeness (QED) is 0.429. The fraction of sp³-hybridized carbons (Fsp3) is 0.176. The lowest BCUT2D eigenvalue weighted by Crippen LogP contribution is -2.21. The lowest BCUT2D eigenvalue weighted by atomic mass is 10.3. The van der Waals surface area contributed by atoms with Crippen molar-refractivity contribution in [1.82, 2.24) is 0 Å². The average molecular weight is 379 g/mol. The minimum atomic E-state index is -0.613. The number of amides is 1. The SMILES string of the molecule is O=C(COC(=O)CCOc1ccccc1)Nc1ccc([N+](=O)[O-])cc1Cl. The van der Waals surface area contributed by atoms with E-state index in [9.17, 15) is 19.7 Å². The van der Waals surface area contributed by atoms with Crippen LogP contribution in [0.2, 0.25) is 5.02 Å². The number of nitrogens with one attached hydrogen (secondary N) is 1. The molecule has 2 aromatic carbocycles. The number of hydrogen-bond acceptors (Lipinski definition) is 6. The van der Waals surface area contributed by atoms with E-state index in [0.29, 0.717) is 5.75 Å². The molecule has 0 fully saturated rings. The van der Waals surface area contributed by atoms with Gasteiger partial charge in [0.2, 0.25) is 0 Å². The third-order valence-electron chi connectivity index (χ3n) is 3.12. The summed E-state index contributed by atoms with van der Waals surface area (Å²) >= 11 is 5.86. The highest BCUT2D eigenvalue weighted by atomic mass is 35.5. The van der Waals surface area contributed by atoms with Gasteiger partial charge in [-0.1, -0.05) is 29.8 Å². The maximum absolute atomic E-state index is 11.8. The second kappa shape index (κ2) is 9.38. The first kappa shape index (κ1) is 19.2. The molecule has 0 aromatic heterocycles. The summed E-state index contributed by atoms with van der Waals surface area (Å²) in [7, 11) is 0. The van der Waals surface area contributed by atoms with Gasteiger partial charge in [-0.2, -0.15) is 0 Å². The lowest BCUT2D eigenvalue weighted by molar-refractivity contribution is -0.384. The van der Waals surface area contributed by atoms with Crippen LogP contribution < -0.4 is 10.1 Å². The van der Waals surface area contributed by atoms with Crippen molar-refractivity contribution in [2.45, 2.75) is 6.42 Å². The highest BCUT2D eigenvalue weighted by molar-refractivity contribution is 6.34. The van der Waals surface area contributed by atoms with Gasteiger partial charge in [0.25, 0.3) is 11.6 Å². The summed E-state index contributed by atoms with van der Waals surface area (Å²) in [5, 5.41) is 13.1. The molecular formula is C17H15ClN2O6. The highest BCUT2D eigenvalue weighted by Crippen LogP contribution is 2.26. The zero-order valence-corrected chi connectivity index (χ0v) is 14.3. The molecule has 0 spiro atoms. The molecule has 1 amide bonds. The van der Waals surface area contributed by atoms with E-state index in [0.717, 1.165) is 6.07 Å². The smallest absolute Gasteiger partial charge is 0.309 e. The van der Waals surface area contributed by atoms with Gasteiger partial charge in [0.15, 0.2) is 6.61 Å². The number of anilines is 1.